The minimum atomic E-state index is 0.654. The predicted molar refractivity (Wildman–Crippen MR) is 78.1 cm³/mol. The lowest BCUT2D eigenvalue weighted by molar-refractivity contribution is 0.265. The standard InChI is InChI=1S/C15H22N4/c1-11(2)18-7-5-12(9-18)8-13-10-19-6-3-4-14(16)15(19)17-13/h3-4,6,10-12H,5,7-9,16H2,1-2H3. The Morgan fingerprint density at radius 2 is 2.32 bits per heavy atom. The number of aromatic nitrogens is 2. The first-order chi connectivity index (χ1) is 9.13. The Morgan fingerprint density at radius 3 is 3.00 bits per heavy atom. The Morgan fingerprint density at radius 1 is 1.47 bits per heavy atom. The lowest BCUT2D eigenvalue weighted by Crippen LogP contribution is -2.28. The van der Waals surface area contributed by atoms with Crippen molar-refractivity contribution in [3.05, 3.63) is 30.2 Å². The van der Waals surface area contributed by atoms with Gasteiger partial charge >= 0.3 is 0 Å². The number of fused-ring (bicyclic) bond motifs is 1. The molecule has 3 heterocycles. The summed E-state index contributed by atoms with van der Waals surface area (Å²) in [6, 6.07) is 4.52. The highest BCUT2D eigenvalue weighted by Gasteiger charge is 2.24. The van der Waals surface area contributed by atoms with Gasteiger partial charge in [0.2, 0.25) is 0 Å². The van der Waals surface area contributed by atoms with Crippen molar-refractivity contribution in [2.45, 2.75) is 32.7 Å². The number of anilines is 1. The van der Waals surface area contributed by atoms with Crippen molar-refractivity contribution in [3.8, 4) is 0 Å². The highest BCUT2D eigenvalue weighted by Crippen LogP contribution is 2.23. The highest BCUT2D eigenvalue weighted by molar-refractivity contribution is 5.64. The number of nitrogen functional groups attached to an aromatic ring is 1. The molecule has 3 rings (SSSR count). The van der Waals surface area contributed by atoms with Crippen LogP contribution in [-0.2, 0) is 6.42 Å². The van der Waals surface area contributed by atoms with Gasteiger partial charge in [-0.25, -0.2) is 4.98 Å². The number of pyridine rings is 1. The molecule has 1 fully saturated rings. The third-order valence-electron chi connectivity index (χ3n) is 4.11. The Kier molecular flexibility index (Phi) is 3.19. The van der Waals surface area contributed by atoms with Gasteiger partial charge in [-0.1, -0.05) is 0 Å². The van der Waals surface area contributed by atoms with Crippen LogP contribution in [0.15, 0.2) is 24.5 Å². The van der Waals surface area contributed by atoms with Gasteiger partial charge in [0.05, 0.1) is 11.4 Å². The monoisotopic (exact) mass is 258 g/mol. The molecule has 0 saturated carbocycles. The number of likely N-dealkylation sites (tertiary alicyclic amines) is 1. The Labute approximate surface area is 114 Å². The zero-order chi connectivity index (χ0) is 13.4. The molecule has 1 aliphatic rings. The smallest absolute Gasteiger partial charge is 0.160 e. The second-order valence-corrected chi connectivity index (χ2v) is 5.87. The summed E-state index contributed by atoms with van der Waals surface area (Å²) in [4.78, 5) is 7.22. The first-order valence-corrected chi connectivity index (χ1v) is 7.09. The molecule has 0 aliphatic carbocycles. The summed E-state index contributed by atoms with van der Waals surface area (Å²) in [5.74, 6) is 0.730. The van der Waals surface area contributed by atoms with Gasteiger partial charge < -0.3 is 15.0 Å². The minimum Gasteiger partial charge on any atom is -0.396 e. The number of imidazole rings is 1. The van der Waals surface area contributed by atoms with Crippen LogP contribution in [0.3, 0.4) is 0 Å². The molecule has 4 heteroatoms. The lowest BCUT2D eigenvalue weighted by Gasteiger charge is -2.19. The average molecular weight is 258 g/mol. The quantitative estimate of drug-likeness (QED) is 0.918. The van der Waals surface area contributed by atoms with E-state index < -0.39 is 0 Å². The van der Waals surface area contributed by atoms with Crippen LogP contribution in [0.5, 0.6) is 0 Å². The minimum absolute atomic E-state index is 0.654. The van der Waals surface area contributed by atoms with Crippen molar-refractivity contribution in [2.75, 3.05) is 18.8 Å². The first-order valence-electron chi connectivity index (χ1n) is 7.09. The molecule has 2 N–H and O–H groups in total. The van der Waals surface area contributed by atoms with Crippen molar-refractivity contribution < 1.29 is 0 Å². The molecule has 0 aromatic carbocycles. The molecule has 102 valence electrons. The van der Waals surface area contributed by atoms with E-state index in [1.165, 1.54) is 19.5 Å². The molecule has 1 unspecified atom stereocenters. The molecule has 1 atom stereocenters. The number of rotatable bonds is 3. The third kappa shape index (κ3) is 2.45. The largest absolute Gasteiger partial charge is 0.396 e. The van der Waals surface area contributed by atoms with E-state index in [0.29, 0.717) is 6.04 Å². The average Bonchev–Trinajstić information content (AvgIpc) is 2.96. The maximum Gasteiger partial charge on any atom is 0.160 e. The molecular formula is C15H22N4. The van der Waals surface area contributed by atoms with Gasteiger partial charge in [0, 0.05) is 25.0 Å². The van der Waals surface area contributed by atoms with Crippen LogP contribution >= 0.6 is 0 Å². The van der Waals surface area contributed by atoms with Crippen LogP contribution in [0, 0.1) is 5.92 Å². The van der Waals surface area contributed by atoms with E-state index in [-0.39, 0.29) is 0 Å². The summed E-state index contributed by atoms with van der Waals surface area (Å²) in [5.41, 5.74) is 8.75. The van der Waals surface area contributed by atoms with E-state index in [9.17, 15) is 0 Å². The maximum atomic E-state index is 5.95. The fraction of sp³-hybridized carbons (Fsp3) is 0.533. The topological polar surface area (TPSA) is 46.6 Å². The summed E-state index contributed by atoms with van der Waals surface area (Å²) in [6.45, 7) is 6.96. The molecule has 0 bridgehead atoms. The Bertz CT molecular complexity index is 573. The van der Waals surface area contributed by atoms with Crippen molar-refractivity contribution in [2.24, 2.45) is 5.92 Å². The molecule has 0 amide bonds. The van der Waals surface area contributed by atoms with Gasteiger partial charge in [-0.2, -0.15) is 0 Å². The van der Waals surface area contributed by atoms with Crippen LogP contribution in [0.25, 0.3) is 5.65 Å². The summed E-state index contributed by atoms with van der Waals surface area (Å²) < 4.78 is 2.03. The van der Waals surface area contributed by atoms with Gasteiger partial charge in [-0.15, -0.1) is 0 Å². The molecule has 4 nitrogen and oxygen atoms in total. The predicted octanol–water partition coefficient (Wildman–Crippen LogP) is 2.19. The van der Waals surface area contributed by atoms with Gasteiger partial charge in [0.1, 0.15) is 0 Å². The first kappa shape index (κ1) is 12.5. The van der Waals surface area contributed by atoms with Crippen LogP contribution in [0.4, 0.5) is 5.69 Å². The zero-order valence-corrected chi connectivity index (χ0v) is 11.7. The van der Waals surface area contributed by atoms with Gasteiger partial charge in [-0.05, 0) is 51.3 Å². The van der Waals surface area contributed by atoms with Gasteiger partial charge in [0.25, 0.3) is 0 Å². The van der Waals surface area contributed by atoms with Crippen molar-refractivity contribution in [3.63, 3.8) is 0 Å². The van der Waals surface area contributed by atoms with Crippen LogP contribution in [0.2, 0.25) is 0 Å². The van der Waals surface area contributed by atoms with Crippen LogP contribution in [0.1, 0.15) is 26.0 Å². The fourth-order valence-corrected chi connectivity index (χ4v) is 2.98. The highest BCUT2D eigenvalue weighted by atomic mass is 15.2. The van der Waals surface area contributed by atoms with E-state index in [1.807, 2.05) is 22.7 Å². The Balaban J connectivity index is 1.74. The summed E-state index contributed by atoms with van der Waals surface area (Å²) in [6.07, 6.45) is 6.47. The van der Waals surface area contributed by atoms with E-state index in [0.717, 1.165) is 29.4 Å². The van der Waals surface area contributed by atoms with Crippen molar-refractivity contribution in [1.29, 1.82) is 0 Å². The molecule has 2 aromatic heterocycles. The normalized spacial score (nSPS) is 20.7. The SMILES string of the molecule is CC(C)N1CCC(Cc2cn3cccc(N)c3n2)C1. The lowest BCUT2D eigenvalue weighted by atomic mass is 10.0. The summed E-state index contributed by atoms with van der Waals surface area (Å²) in [7, 11) is 0. The fourth-order valence-electron chi connectivity index (χ4n) is 2.98. The van der Waals surface area contributed by atoms with Crippen molar-refractivity contribution >= 4 is 11.3 Å². The van der Waals surface area contributed by atoms with E-state index in [4.69, 9.17) is 5.73 Å². The maximum absolute atomic E-state index is 5.95. The summed E-state index contributed by atoms with van der Waals surface area (Å²) >= 11 is 0. The molecular weight excluding hydrogens is 236 g/mol. The van der Waals surface area contributed by atoms with Crippen molar-refractivity contribution in [1.82, 2.24) is 14.3 Å². The summed E-state index contributed by atoms with van der Waals surface area (Å²) in [5, 5.41) is 0. The number of hydrogen-bond acceptors (Lipinski definition) is 3. The second kappa shape index (κ2) is 4.85. The van der Waals surface area contributed by atoms with Gasteiger partial charge in [-0.3, -0.25) is 0 Å². The molecule has 0 radical (unpaired) electrons. The van der Waals surface area contributed by atoms with Gasteiger partial charge in [0.15, 0.2) is 5.65 Å². The molecule has 0 spiro atoms. The van der Waals surface area contributed by atoms with Crippen LogP contribution in [-0.4, -0.2) is 33.4 Å². The number of nitrogens with zero attached hydrogens (tertiary/aromatic N) is 3. The number of hydrogen-bond donors (Lipinski definition) is 1. The third-order valence-corrected chi connectivity index (χ3v) is 4.11. The molecule has 1 aliphatic heterocycles. The zero-order valence-electron chi connectivity index (χ0n) is 11.7. The second-order valence-electron chi connectivity index (χ2n) is 5.87. The van der Waals surface area contributed by atoms with Crippen LogP contribution < -0.4 is 5.73 Å². The molecule has 2 aromatic rings. The number of nitrogens with two attached hydrogens (primary N) is 1. The van der Waals surface area contributed by atoms with E-state index in [1.54, 1.807) is 0 Å². The van der Waals surface area contributed by atoms with E-state index in [2.05, 4.69) is 29.9 Å². The molecule has 19 heavy (non-hydrogen) atoms. The molecule has 1 saturated heterocycles. The van der Waals surface area contributed by atoms with E-state index >= 15 is 0 Å². The Hall–Kier alpha value is -1.55.